The van der Waals surface area contributed by atoms with E-state index in [1.54, 1.807) is 13.0 Å². The highest BCUT2D eigenvalue weighted by molar-refractivity contribution is 6.32. The number of benzene rings is 1. The molecule has 2 N–H and O–H groups in total. The van der Waals surface area contributed by atoms with Gasteiger partial charge in [0.15, 0.2) is 5.82 Å². The fraction of sp³-hybridized carbons (Fsp3) is 0.280. The van der Waals surface area contributed by atoms with Crippen molar-refractivity contribution in [3.63, 3.8) is 0 Å². The van der Waals surface area contributed by atoms with Crippen LogP contribution in [0.5, 0.6) is 0 Å². The number of rotatable bonds is 8. The summed E-state index contributed by atoms with van der Waals surface area (Å²) in [4.78, 5) is 31.6. The normalized spacial score (nSPS) is 12.0. The van der Waals surface area contributed by atoms with Crippen molar-refractivity contribution in [1.82, 2.24) is 40.3 Å². The van der Waals surface area contributed by atoms with Gasteiger partial charge >= 0.3 is 6.18 Å². The Morgan fingerprint density at radius 2 is 1.95 bits per heavy atom. The molecular weight excluding hydrogens is 565 g/mol. The van der Waals surface area contributed by atoms with Crippen molar-refractivity contribution in [2.45, 2.75) is 46.0 Å². The van der Waals surface area contributed by atoms with Crippen LogP contribution >= 0.6 is 11.6 Å². The Hall–Kier alpha value is -4.84. The van der Waals surface area contributed by atoms with Crippen molar-refractivity contribution < 1.29 is 22.8 Å². The summed E-state index contributed by atoms with van der Waals surface area (Å²) >= 11 is 6.30. The lowest BCUT2D eigenvalue weighted by atomic mass is 10.0. The summed E-state index contributed by atoms with van der Waals surface area (Å²) in [7, 11) is 0. The second kappa shape index (κ2) is 11.7. The quantitative estimate of drug-likeness (QED) is 0.314. The average Bonchev–Trinajstić information content (AvgIpc) is 3.57. The summed E-state index contributed by atoms with van der Waals surface area (Å²) in [6, 6.07) is 9.10. The SMILES string of the molecule is CCC(C)NC(=O)c1cc(C#N)cc(C)c1NC(=O)c1cc(Cn2nnc(C(F)(F)F)n2)nn1-c1ncccc1Cl. The number of aryl methyl sites for hydroxylation is 1. The molecule has 16 heteroatoms. The fourth-order valence-corrected chi connectivity index (χ4v) is 3.91. The lowest BCUT2D eigenvalue weighted by Gasteiger charge is -2.17. The molecule has 1 atom stereocenters. The number of carbonyl (C=O) groups excluding carboxylic acids is 2. The van der Waals surface area contributed by atoms with E-state index >= 15 is 0 Å². The van der Waals surface area contributed by atoms with Crippen molar-refractivity contribution in [1.29, 1.82) is 5.26 Å². The van der Waals surface area contributed by atoms with Gasteiger partial charge in [0.05, 0.1) is 33.6 Å². The molecule has 0 saturated carbocycles. The number of nitriles is 1. The van der Waals surface area contributed by atoms with Crippen LogP contribution in [0.2, 0.25) is 5.02 Å². The highest BCUT2D eigenvalue weighted by Gasteiger charge is 2.37. The third-order valence-electron chi connectivity index (χ3n) is 5.88. The van der Waals surface area contributed by atoms with Crippen LogP contribution in [-0.2, 0) is 12.7 Å². The largest absolute Gasteiger partial charge is 0.455 e. The van der Waals surface area contributed by atoms with Crippen molar-refractivity contribution in [3.05, 3.63) is 75.5 Å². The molecule has 0 radical (unpaired) electrons. The molecule has 212 valence electrons. The molecule has 0 aliphatic rings. The first kappa shape index (κ1) is 29.2. The van der Waals surface area contributed by atoms with Gasteiger partial charge in [-0.25, -0.2) is 9.67 Å². The molecule has 0 bridgehead atoms. The summed E-state index contributed by atoms with van der Waals surface area (Å²) in [5.41, 5.74) is 0.886. The summed E-state index contributed by atoms with van der Waals surface area (Å²) in [6.45, 7) is 4.98. The van der Waals surface area contributed by atoms with Crippen LogP contribution in [0.1, 0.15) is 63.8 Å². The third-order valence-corrected chi connectivity index (χ3v) is 6.17. The molecule has 1 unspecified atom stereocenters. The first-order chi connectivity index (χ1) is 19.4. The monoisotopic (exact) mass is 586 g/mol. The number of halogens is 4. The van der Waals surface area contributed by atoms with Gasteiger partial charge in [0.1, 0.15) is 12.2 Å². The van der Waals surface area contributed by atoms with Crippen LogP contribution in [0.25, 0.3) is 5.82 Å². The first-order valence-electron chi connectivity index (χ1n) is 12.1. The summed E-state index contributed by atoms with van der Waals surface area (Å²) in [5, 5.41) is 29.1. The predicted molar refractivity (Wildman–Crippen MR) is 139 cm³/mol. The molecule has 3 aromatic heterocycles. The van der Waals surface area contributed by atoms with Crippen LogP contribution in [-0.4, -0.2) is 52.8 Å². The van der Waals surface area contributed by atoms with Gasteiger partial charge in [0.2, 0.25) is 0 Å². The van der Waals surface area contributed by atoms with Crippen molar-refractivity contribution in [2.24, 2.45) is 0 Å². The number of hydrogen-bond donors (Lipinski definition) is 2. The number of tetrazole rings is 1. The van der Waals surface area contributed by atoms with Crippen LogP contribution in [0.3, 0.4) is 0 Å². The van der Waals surface area contributed by atoms with Gasteiger partial charge in [-0.2, -0.15) is 28.3 Å². The minimum absolute atomic E-state index is 0.0689. The van der Waals surface area contributed by atoms with Gasteiger partial charge in [-0.05, 0) is 61.4 Å². The van der Waals surface area contributed by atoms with Crippen molar-refractivity contribution in [3.8, 4) is 11.9 Å². The molecule has 0 aliphatic heterocycles. The number of pyridine rings is 1. The summed E-state index contributed by atoms with van der Waals surface area (Å²) < 4.78 is 39.9. The Morgan fingerprint density at radius 3 is 2.59 bits per heavy atom. The topological polar surface area (TPSA) is 156 Å². The van der Waals surface area contributed by atoms with E-state index in [9.17, 15) is 28.0 Å². The highest BCUT2D eigenvalue weighted by atomic mass is 35.5. The minimum Gasteiger partial charge on any atom is -0.350 e. The van der Waals surface area contributed by atoms with E-state index in [4.69, 9.17) is 11.6 Å². The highest BCUT2D eigenvalue weighted by Crippen LogP contribution is 2.27. The maximum Gasteiger partial charge on any atom is 0.455 e. The molecule has 0 spiro atoms. The number of hydrogen-bond acceptors (Lipinski definition) is 8. The molecular formula is C25H22ClF3N10O2. The average molecular weight is 587 g/mol. The lowest BCUT2D eigenvalue weighted by Crippen LogP contribution is -2.33. The maximum atomic E-state index is 13.6. The molecule has 12 nitrogen and oxygen atoms in total. The third kappa shape index (κ3) is 6.49. The van der Waals surface area contributed by atoms with Gasteiger partial charge in [-0.3, -0.25) is 9.59 Å². The molecule has 0 aliphatic carbocycles. The zero-order chi connectivity index (χ0) is 29.9. The molecule has 0 saturated heterocycles. The van der Waals surface area contributed by atoms with E-state index in [1.807, 2.05) is 19.9 Å². The number of amides is 2. The second-order valence-corrected chi connectivity index (χ2v) is 9.35. The number of alkyl halides is 3. The molecule has 3 heterocycles. The number of nitrogens with zero attached hydrogens (tertiary/aromatic N) is 8. The lowest BCUT2D eigenvalue weighted by molar-refractivity contribution is -0.145. The zero-order valence-corrected chi connectivity index (χ0v) is 22.6. The minimum atomic E-state index is -4.79. The van der Waals surface area contributed by atoms with E-state index in [0.717, 1.165) is 4.68 Å². The van der Waals surface area contributed by atoms with Crippen LogP contribution in [0, 0.1) is 18.3 Å². The van der Waals surface area contributed by atoms with E-state index in [1.165, 1.54) is 30.5 Å². The predicted octanol–water partition coefficient (Wildman–Crippen LogP) is 3.94. The Morgan fingerprint density at radius 1 is 1.20 bits per heavy atom. The zero-order valence-electron chi connectivity index (χ0n) is 21.9. The van der Waals surface area contributed by atoms with E-state index in [2.05, 4.69) is 36.1 Å². The first-order valence-corrected chi connectivity index (χ1v) is 12.5. The fourth-order valence-electron chi connectivity index (χ4n) is 3.71. The van der Waals surface area contributed by atoms with Crippen LogP contribution in [0.15, 0.2) is 36.5 Å². The molecule has 4 rings (SSSR count). The Kier molecular flexibility index (Phi) is 8.33. The van der Waals surface area contributed by atoms with E-state index in [-0.39, 0.29) is 51.6 Å². The smallest absolute Gasteiger partial charge is 0.350 e. The number of carbonyl (C=O) groups is 2. The second-order valence-electron chi connectivity index (χ2n) is 8.95. The molecule has 4 aromatic rings. The van der Waals surface area contributed by atoms with Gasteiger partial charge < -0.3 is 10.6 Å². The Balaban J connectivity index is 1.75. The van der Waals surface area contributed by atoms with Crippen molar-refractivity contribution >= 4 is 29.1 Å². The Labute approximate surface area is 236 Å². The summed E-state index contributed by atoms with van der Waals surface area (Å²) in [6.07, 6.45) is -2.72. The van der Waals surface area contributed by atoms with E-state index < -0.39 is 23.8 Å². The molecule has 2 amide bonds. The van der Waals surface area contributed by atoms with Crippen molar-refractivity contribution in [2.75, 3.05) is 5.32 Å². The van der Waals surface area contributed by atoms with Gasteiger partial charge in [0, 0.05) is 12.2 Å². The van der Waals surface area contributed by atoms with E-state index in [0.29, 0.717) is 16.8 Å². The van der Waals surface area contributed by atoms with Gasteiger partial charge in [-0.1, -0.05) is 18.5 Å². The molecule has 1 aromatic carbocycles. The van der Waals surface area contributed by atoms with Gasteiger partial charge in [-0.15, -0.1) is 10.2 Å². The number of anilines is 1. The Bertz CT molecular complexity index is 1660. The summed E-state index contributed by atoms with van der Waals surface area (Å²) in [5.74, 6) is -2.59. The van der Waals surface area contributed by atoms with Gasteiger partial charge in [0.25, 0.3) is 17.6 Å². The van der Waals surface area contributed by atoms with Crippen LogP contribution < -0.4 is 10.6 Å². The molecule has 41 heavy (non-hydrogen) atoms. The molecule has 0 fully saturated rings. The van der Waals surface area contributed by atoms with Crippen LogP contribution in [0.4, 0.5) is 18.9 Å². The maximum absolute atomic E-state index is 13.6. The number of aromatic nitrogens is 7. The standard InChI is InChI=1S/C25H22ClF3N10O2/c1-4-14(3)32-22(40)17-9-15(11-30)8-13(2)20(17)33-23(41)19-10-16(12-38-36-24(34-37-38)25(27,28)29)35-39(19)21-18(26)6-5-7-31-21/h5-10,14H,4,12H2,1-3H3,(H,32,40)(H,33,41). The number of nitrogens with one attached hydrogen (secondary N) is 2.